The van der Waals surface area contributed by atoms with Gasteiger partial charge < -0.3 is 10.4 Å². The molecule has 0 saturated carbocycles. The third-order valence-electron chi connectivity index (χ3n) is 1.70. The van der Waals surface area contributed by atoms with E-state index in [1.54, 1.807) is 6.92 Å². The highest BCUT2D eigenvalue weighted by molar-refractivity contribution is 9.09. The summed E-state index contributed by atoms with van der Waals surface area (Å²) in [6, 6.07) is 0. The fraction of sp³-hybridized carbons (Fsp3) is 1.00. The molecule has 0 radical (unpaired) electrons. The third-order valence-corrected chi connectivity index (χ3v) is 2.55. The molecule has 1 heterocycles. The van der Waals surface area contributed by atoms with Crippen molar-refractivity contribution in [2.24, 2.45) is 0 Å². The van der Waals surface area contributed by atoms with Crippen molar-refractivity contribution in [3.8, 4) is 0 Å². The maximum atomic E-state index is 9.22. The molecule has 60 valence electrons. The minimum Gasteiger partial charge on any atom is -0.379 e. The molecule has 0 spiro atoms. The molecule has 1 saturated heterocycles. The molecule has 0 aliphatic carbocycles. The Morgan fingerprint density at radius 1 is 1.80 bits per heavy atom. The van der Waals surface area contributed by atoms with Gasteiger partial charge in [-0.05, 0) is 6.92 Å². The lowest BCUT2D eigenvalue weighted by Gasteiger charge is -2.34. The van der Waals surface area contributed by atoms with E-state index < -0.39 is 0 Å². The van der Waals surface area contributed by atoms with Crippen molar-refractivity contribution in [3.05, 3.63) is 0 Å². The van der Waals surface area contributed by atoms with E-state index in [1.807, 2.05) is 4.90 Å². The summed E-state index contributed by atoms with van der Waals surface area (Å²) in [5.41, 5.74) is 0. The van der Waals surface area contributed by atoms with Crippen molar-refractivity contribution in [1.82, 2.24) is 10.2 Å². The predicted molar refractivity (Wildman–Crippen MR) is 44.0 cm³/mol. The van der Waals surface area contributed by atoms with Crippen molar-refractivity contribution in [2.45, 2.75) is 18.1 Å². The van der Waals surface area contributed by atoms with E-state index in [4.69, 9.17) is 0 Å². The highest BCUT2D eigenvalue weighted by Gasteiger charge is 2.22. The monoisotopic (exact) mass is 208 g/mol. The zero-order chi connectivity index (χ0) is 7.56. The SMILES string of the molecule is CC(O)N1CCNCC1Br. The van der Waals surface area contributed by atoms with Crippen LogP contribution in [0, 0.1) is 0 Å². The summed E-state index contributed by atoms with van der Waals surface area (Å²) < 4.78 is 0. The summed E-state index contributed by atoms with van der Waals surface area (Å²) in [5.74, 6) is 0. The molecule has 1 rings (SSSR count). The number of nitrogens with zero attached hydrogens (tertiary/aromatic N) is 1. The Kier molecular flexibility index (Phi) is 3.10. The van der Waals surface area contributed by atoms with Crippen LogP contribution in [0.2, 0.25) is 0 Å². The lowest BCUT2D eigenvalue weighted by Crippen LogP contribution is -2.51. The molecule has 2 atom stereocenters. The van der Waals surface area contributed by atoms with Gasteiger partial charge in [0, 0.05) is 19.6 Å². The maximum absolute atomic E-state index is 9.22. The van der Waals surface area contributed by atoms with Crippen LogP contribution in [0.5, 0.6) is 0 Å². The number of hydrogen-bond acceptors (Lipinski definition) is 3. The van der Waals surface area contributed by atoms with Gasteiger partial charge >= 0.3 is 0 Å². The van der Waals surface area contributed by atoms with E-state index in [0.29, 0.717) is 0 Å². The first-order chi connectivity index (χ1) is 4.72. The molecule has 3 nitrogen and oxygen atoms in total. The molecule has 1 fully saturated rings. The smallest absolute Gasteiger partial charge is 0.105 e. The lowest BCUT2D eigenvalue weighted by molar-refractivity contribution is 0.00350. The van der Waals surface area contributed by atoms with E-state index >= 15 is 0 Å². The van der Waals surface area contributed by atoms with Crippen LogP contribution in [0.25, 0.3) is 0 Å². The predicted octanol–water partition coefficient (Wildman–Crippen LogP) is -0.0491. The number of aliphatic hydroxyl groups excluding tert-OH is 1. The quantitative estimate of drug-likeness (QED) is 0.469. The maximum Gasteiger partial charge on any atom is 0.105 e. The Morgan fingerprint density at radius 2 is 2.50 bits per heavy atom. The molecule has 2 unspecified atom stereocenters. The van der Waals surface area contributed by atoms with Crippen molar-refractivity contribution in [1.29, 1.82) is 0 Å². The number of halogens is 1. The molecule has 2 N–H and O–H groups in total. The molecule has 0 bridgehead atoms. The molecule has 0 aromatic heterocycles. The summed E-state index contributed by atoms with van der Waals surface area (Å²) in [5, 5.41) is 12.4. The largest absolute Gasteiger partial charge is 0.379 e. The number of alkyl halides is 1. The lowest BCUT2D eigenvalue weighted by atomic mass is 10.3. The Hall–Kier alpha value is 0.360. The van der Waals surface area contributed by atoms with Gasteiger partial charge in [-0.15, -0.1) is 0 Å². The van der Waals surface area contributed by atoms with E-state index in [2.05, 4.69) is 21.2 Å². The Morgan fingerprint density at radius 3 is 2.90 bits per heavy atom. The zero-order valence-corrected chi connectivity index (χ0v) is 7.63. The average Bonchev–Trinajstić information content (AvgIpc) is 1.88. The third kappa shape index (κ3) is 1.92. The first-order valence-electron chi connectivity index (χ1n) is 3.50. The fourth-order valence-electron chi connectivity index (χ4n) is 1.11. The molecule has 4 heteroatoms. The van der Waals surface area contributed by atoms with Gasteiger partial charge in [-0.25, -0.2) is 0 Å². The van der Waals surface area contributed by atoms with Crippen LogP contribution in [-0.4, -0.2) is 40.8 Å². The van der Waals surface area contributed by atoms with Crippen molar-refractivity contribution >= 4 is 15.9 Å². The molecule has 0 aromatic rings. The van der Waals surface area contributed by atoms with Gasteiger partial charge in [-0.2, -0.15) is 0 Å². The number of rotatable bonds is 1. The standard InChI is InChI=1S/C6H13BrN2O/c1-5(10)9-3-2-8-4-6(9)7/h5-6,8,10H,2-4H2,1H3. The van der Waals surface area contributed by atoms with Crippen molar-refractivity contribution < 1.29 is 5.11 Å². The van der Waals surface area contributed by atoms with Crippen molar-refractivity contribution in [3.63, 3.8) is 0 Å². The van der Waals surface area contributed by atoms with E-state index in [-0.39, 0.29) is 11.2 Å². The number of hydrogen-bond donors (Lipinski definition) is 2. The zero-order valence-electron chi connectivity index (χ0n) is 6.05. The second-order valence-electron chi connectivity index (χ2n) is 2.51. The first-order valence-corrected chi connectivity index (χ1v) is 4.42. The van der Waals surface area contributed by atoms with E-state index in [0.717, 1.165) is 19.6 Å². The van der Waals surface area contributed by atoms with E-state index in [1.165, 1.54) is 0 Å². The van der Waals surface area contributed by atoms with Gasteiger partial charge in [0.1, 0.15) is 6.23 Å². The van der Waals surface area contributed by atoms with Crippen LogP contribution >= 0.6 is 15.9 Å². The van der Waals surface area contributed by atoms with Crippen molar-refractivity contribution in [2.75, 3.05) is 19.6 Å². The number of nitrogens with one attached hydrogen (secondary N) is 1. The first kappa shape index (κ1) is 8.46. The molecule has 10 heavy (non-hydrogen) atoms. The molecular weight excluding hydrogens is 196 g/mol. The van der Waals surface area contributed by atoms with Gasteiger partial charge in [0.15, 0.2) is 0 Å². The number of aliphatic hydroxyl groups is 1. The van der Waals surface area contributed by atoms with Gasteiger partial charge in [0.25, 0.3) is 0 Å². The van der Waals surface area contributed by atoms with E-state index in [9.17, 15) is 5.11 Å². The minimum absolute atomic E-state index is 0.279. The van der Waals surface area contributed by atoms with Crippen LogP contribution in [0.3, 0.4) is 0 Å². The Bertz CT molecular complexity index is 110. The van der Waals surface area contributed by atoms with Gasteiger partial charge in [0.2, 0.25) is 0 Å². The number of piperazine rings is 1. The summed E-state index contributed by atoms with van der Waals surface area (Å²) >= 11 is 3.46. The summed E-state index contributed by atoms with van der Waals surface area (Å²) in [7, 11) is 0. The van der Waals surface area contributed by atoms with Crippen LogP contribution in [0.15, 0.2) is 0 Å². The fourth-order valence-corrected chi connectivity index (χ4v) is 1.88. The molecule has 1 aliphatic rings. The second kappa shape index (κ2) is 3.67. The highest BCUT2D eigenvalue weighted by Crippen LogP contribution is 2.11. The Labute approximate surface area is 69.5 Å². The van der Waals surface area contributed by atoms with Gasteiger partial charge in [0.05, 0.1) is 4.95 Å². The Balaban J connectivity index is 2.40. The van der Waals surface area contributed by atoms with Crippen LogP contribution in [0.4, 0.5) is 0 Å². The van der Waals surface area contributed by atoms with Crippen LogP contribution in [-0.2, 0) is 0 Å². The highest BCUT2D eigenvalue weighted by atomic mass is 79.9. The normalized spacial score (nSPS) is 32.1. The summed E-state index contributed by atoms with van der Waals surface area (Å²) in [6.07, 6.45) is -0.341. The molecule has 1 aliphatic heterocycles. The van der Waals surface area contributed by atoms with Crippen LogP contribution in [0.1, 0.15) is 6.92 Å². The summed E-state index contributed by atoms with van der Waals surface area (Å²) in [4.78, 5) is 2.29. The minimum atomic E-state index is -0.341. The summed E-state index contributed by atoms with van der Waals surface area (Å²) in [6.45, 7) is 4.57. The topological polar surface area (TPSA) is 35.5 Å². The van der Waals surface area contributed by atoms with Gasteiger partial charge in [-0.1, -0.05) is 15.9 Å². The molecular formula is C6H13BrN2O. The molecule has 0 amide bonds. The van der Waals surface area contributed by atoms with Gasteiger partial charge in [-0.3, -0.25) is 4.90 Å². The average molecular weight is 209 g/mol. The van der Waals surface area contributed by atoms with Crippen LogP contribution < -0.4 is 5.32 Å². The molecule has 0 aromatic carbocycles. The second-order valence-corrected chi connectivity index (χ2v) is 3.57.